The van der Waals surface area contributed by atoms with Crippen LogP contribution < -0.4 is 10.1 Å². The number of carbonyl (C=O) groups excluding carboxylic acids is 1. The molecule has 0 aliphatic heterocycles. The molecule has 0 saturated heterocycles. The van der Waals surface area contributed by atoms with E-state index >= 15 is 0 Å². The first kappa shape index (κ1) is 13.2. The van der Waals surface area contributed by atoms with Crippen LogP contribution in [0.4, 0.5) is 0 Å². The number of methoxy groups -OCH3 is 1. The van der Waals surface area contributed by atoms with Gasteiger partial charge in [-0.2, -0.15) is 12.6 Å². The molecule has 0 atom stereocenters. The van der Waals surface area contributed by atoms with E-state index in [-0.39, 0.29) is 11.7 Å². The third kappa shape index (κ3) is 3.94. The molecule has 1 rings (SSSR count). The minimum Gasteiger partial charge on any atom is -0.495 e. The van der Waals surface area contributed by atoms with Gasteiger partial charge in [-0.05, 0) is 24.1 Å². The largest absolute Gasteiger partial charge is 0.495 e. The summed E-state index contributed by atoms with van der Waals surface area (Å²) >= 11 is 9.84. The molecule has 0 spiro atoms. The van der Waals surface area contributed by atoms with Crippen LogP contribution in [0, 0.1) is 0 Å². The monoisotopic (exact) mass is 259 g/mol. The normalized spacial score (nSPS) is 9.94. The van der Waals surface area contributed by atoms with Gasteiger partial charge in [0, 0.05) is 6.54 Å². The quantitative estimate of drug-likeness (QED) is 0.794. The Morgan fingerprint density at radius 3 is 2.88 bits per heavy atom. The Bertz CT molecular complexity index is 371. The van der Waals surface area contributed by atoms with Gasteiger partial charge in [-0.3, -0.25) is 4.79 Å². The maximum atomic E-state index is 10.9. The Labute approximate surface area is 106 Å². The molecule has 5 heteroatoms. The molecular weight excluding hydrogens is 246 g/mol. The van der Waals surface area contributed by atoms with Crippen molar-refractivity contribution in [3.05, 3.63) is 28.8 Å². The van der Waals surface area contributed by atoms with Crippen molar-refractivity contribution in [2.45, 2.75) is 6.42 Å². The van der Waals surface area contributed by atoms with E-state index in [9.17, 15) is 4.79 Å². The average Bonchev–Trinajstić information content (AvgIpc) is 2.29. The zero-order chi connectivity index (χ0) is 12.0. The molecule has 1 aromatic carbocycles. The molecule has 0 aliphatic rings. The van der Waals surface area contributed by atoms with E-state index < -0.39 is 0 Å². The van der Waals surface area contributed by atoms with Gasteiger partial charge in [0.15, 0.2) is 0 Å². The van der Waals surface area contributed by atoms with Crippen LogP contribution in [0.5, 0.6) is 5.75 Å². The van der Waals surface area contributed by atoms with E-state index in [1.165, 1.54) is 0 Å². The van der Waals surface area contributed by atoms with Crippen molar-refractivity contribution in [1.29, 1.82) is 0 Å². The lowest BCUT2D eigenvalue weighted by Crippen LogP contribution is -2.26. The van der Waals surface area contributed by atoms with Crippen LogP contribution in [-0.2, 0) is 11.2 Å². The molecule has 0 saturated carbocycles. The second-order valence-corrected chi connectivity index (χ2v) is 3.95. The van der Waals surface area contributed by atoms with Crippen LogP contribution in [0.3, 0.4) is 0 Å². The molecule has 88 valence electrons. The van der Waals surface area contributed by atoms with E-state index in [2.05, 4.69) is 17.9 Å². The van der Waals surface area contributed by atoms with Gasteiger partial charge in [-0.1, -0.05) is 17.7 Å². The fraction of sp³-hybridized carbons (Fsp3) is 0.364. The standard InChI is InChI=1S/C11H14ClNO2S/c1-15-10-3-2-8(6-9(10)12)4-5-13-11(14)7-16/h2-3,6,16H,4-5,7H2,1H3,(H,13,14). The molecule has 3 nitrogen and oxygen atoms in total. The second kappa shape index (κ2) is 6.66. The van der Waals surface area contributed by atoms with Gasteiger partial charge in [-0.25, -0.2) is 0 Å². The highest BCUT2D eigenvalue weighted by molar-refractivity contribution is 7.81. The number of benzene rings is 1. The lowest BCUT2D eigenvalue weighted by Gasteiger charge is -2.06. The number of nitrogens with one attached hydrogen (secondary N) is 1. The van der Waals surface area contributed by atoms with Gasteiger partial charge in [0.2, 0.25) is 5.91 Å². The molecule has 0 aliphatic carbocycles. The summed E-state index contributed by atoms with van der Waals surface area (Å²) in [5.41, 5.74) is 1.06. The maximum Gasteiger partial charge on any atom is 0.229 e. The Morgan fingerprint density at radius 2 is 2.31 bits per heavy atom. The maximum absolute atomic E-state index is 10.9. The summed E-state index contributed by atoms with van der Waals surface area (Å²) in [5, 5.41) is 3.32. The van der Waals surface area contributed by atoms with Gasteiger partial charge in [0.05, 0.1) is 17.9 Å². The Kier molecular flexibility index (Phi) is 5.49. The van der Waals surface area contributed by atoms with Gasteiger partial charge >= 0.3 is 0 Å². The first-order chi connectivity index (χ1) is 7.67. The highest BCUT2D eigenvalue weighted by Crippen LogP contribution is 2.24. The van der Waals surface area contributed by atoms with E-state index in [0.717, 1.165) is 12.0 Å². The van der Waals surface area contributed by atoms with Crippen molar-refractivity contribution in [2.75, 3.05) is 19.4 Å². The predicted octanol–water partition coefficient (Wildman–Crippen LogP) is 1.94. The second-order valence-electron chi connectivity index (χ2n) is 3.23. The van der Waals surface area contributed by atoms with E-state index in [1.807, 2.05) is 18.2 Å². The number of carbonyl (C=O) groups is 1. The van der Waals surface area contributed by atoms with Crippen LogP contribution in [0.1, 0.15) is 5.56 Å². The Hall–Kier alpha value is -0.870. The minimum absolute atomic E-state index is 0.0667. The molecule has 0 unspecified atom stereocenters. The van der Waals surface area contributed by atoms with E-state index in [4.69, 9.17) is 16.3 Å². The van der Waals surface area contributed by atoms with Gasteiger partial charge in [-0.15, -0.1) is 0 Å². The van der Waals surface area contributed by atoms with Crippen molar-refractivity contribution < 1.29 is 9.53 Å². The SMILES string of the molecule is COc1ccc(CCNC(=O)CS)cc1Cl. The van der Waals surface area contributed by atoms with Gasteiger partial charge < -0.3 is 10.1 Å². The number of hydrogen-bond acceptors (Lipinski definition) is 3. The van der Waals surface area contributed by atoms with Crippen molar-refractivity contribution in [1.82, 2.24) is 5.32 Å². The molecular formula is C11H14ClNO2S. The summed E-state index contributed by atoms with van der Waals surface area (Å²) in [5.74, 6) is 0.802. The molecule has 0 radical (unpaired) electrons. The van der Waals surface area contributed by atoms with Crippen molar-refractivity contribution in [3.8, 4) is 5.75 Å². The third-order valence-electron chi connectivity index (χ3n) is 2.10. The molecule has 1 amide bonds. The first-order valence-corrected chi connectivity index (χ1v) is 5.88. The average molecular weight is 260 g/mol. The van der Waals surface area contributed by atoms with Crippen LogP contribution in [0.2, 0.25) is 5.02 Å². The number of thiol groups is 1. The lowest BCUT2D eigenvalue weighted by atomic mass is 10.1. The highest BCUT2D eigenvalue weighted by Gasteiger charge is 2.02. The lowest BCUT2D eigenvalue weighted by molar-refractivity contribution is -0.118. The molecule has 0 aromatic heterocycles. The van der Waals surface area contributed by atoms with Crippen molar-refractivity contribution >= 4 is 30.1 Å². The molecule has 1 N–H and O–H groups in total. The summed E-state index contributed by atoms with van der Waals surface area (Å²) in [4.78, 5) is 10.9. The zero-order valence-electron chi connectivity index (χ0n) is 9.00. The van der Waals surface area contributed by atoms with Crippen LogP contribution in [0.15, 0.2) is 18.2 Å². The number of hydrogen-bond donors (Lipinski definition) is 2. The summed E-state index contributed by atoms with van der Waals surface area (Å²) in [6.07, 6.45) is 0.739. The molecule has 1 aromatic rings. The molecule has 0 heterocycles. The number of amides is 1. The van der Waals surface area contributed by atoms with E-state index in [1.54, 1.807) is 7.11 Å². The fourth-order valence-electron chi connectivity index (χ4n) is 1.27. The van der Waals surface area contributed by atoms with E-state index in [0.29, 0.717) is 17.3 Å². The first-order valence-electron chi connectivity index (χ1n) is 4.87. The molecule has 0 fully saturated rings. The summed E-state index contributed by atoms with van der Waals surface area (Å²) in [6, 6.07) is 5.59. The summed E-state index contributed by atoms with van der Waals surface area (Å²) in [7, 11) is 1.58. The smallest absolute Gasteiger partial charge is 0.229 e. The fourth-order valence-corrected chi connectivity index (χ4v) is 1.66. The third-order valence-corrected chi connectivity index (χ3v) is 2.68. The number of ether oxygens (including phenoxy) is 1. The summed E-state index contributed by atoms with van der Waals surface area (Å²) < 4.78 is 5.05. The van der Waals surface area contributed by atoms with Gasteiger partial charge in [0.25, 0.3) is 0 Å². The van der Waals surface area contributed by atoms with Crippen LogP contribution >= 0.6 is 24.2 Å². The number of halogens is 1. The van der Waals surface area contributed by atoms with Crippen LogP contribution in [0.25, 0.3) is 0 Å². The Morgan fingerprint density at radius 1 is 1.56 bits per heavy atom. The topological polar surface area (TPSA) is 38.3 Å². The zero-order valence-corrected chi connectivity index (χ0v) is 10.6. The predicted molar refractivity (Wildman–Crippen MR) is 68.6 cm³/mol. The molecule has 0 bridgehead atoms. The van der Waals surface area contributed by atoms with Crippen molar-refractivity contribution in [2.24, 2.45) is 0 Å². The molecule has 16 heavy (non-hydrogen) atoms. The highest BCUT2D eigenvalue weighted by atomic mass is 35.5. The van der Waals surface area contributed by atoms with Crippen LogP contribution in [-0.4, -0.2) is 25.3 Å². The summed E-state index contributed by atoms with van der Waals surface area (Å²) in [6.45, 7) is 0.585. The number of rotatable bonds is 5. The Balaban J connectivity index is 2.49. The van der Waals surface area contributed by atoms with Gasteiger partial charge in [0.1, 0.15) is 5.75 Å². The minimum atomic E-state index is -0.0667. The van der Waals surface area contributed by atoms with Crippen molar-refractivity contribution in [3.63, 3.8) is 0 Å².